The maximum Gasteiger partial charge on any atom is 0.0692 e. The van der Waals surface area contributed by atoms with Crippen molar-refractivity contribution in [3.8, 4) is 0 Å². The Bertz CT molecular complexity index is 110. The van der Waals surface area contributed by atoms with Gasteiger partial charge in [-0.3, -0.25) is 0 Å². The maximum atomic E-state index is 8.93. The molecule has 1 N–H and O–H groups in total. The lowest BCUT2D eigenvalue weighted by atomic mass is 10.1. The van der Waals surface area contributed by atoms with Crippen LogP contribution >= 0.6 is 0 Å². The first-order valence-corrected chi connectivity index (χ1v) is 4.15. The fourth-order valence-electron chi connectivity index (χ4n) is 1.47. The molecule has 0 bridgehead atoms. The van der Waals surface area contributed by atoms with E-state index in [0.29, 0.717) is 0 Å². The van der Waals surface area contributed by atoms with Crippen molar-refractivity contribution < 1.29 is 5.11 Å². The van der Waals surface area contributed by atoms with Crippen LogP contribution in [-0.2, 0) is 0 Å². The summed E-state index contributed by atoms with van der Waals surface area (Å²) in [6, 6.07) is 0. The van der Waals surface area contributed by atoms with E-state index in [1.54, 1.807) is 6.92 Å². The van der Waals surface area contributed by atoms with Gasteiger partial charge in [0.1, 0.15) is 0 Å². The van der Waals surface area contributed by atoms with Crippen LogP contribution in [0.5, 0.6) is 0 Å². The van der Waals surface area contributed by atoms with Crippen molar-refractivity contribution in [1.82, 2.24) is 0 Å². The highest BCUT2D eigenvalue weighted by Gasteiger charge is 2.10. The highest BCUT2D eigenvalue weighted by molar-refractivity contribution is 4.93. The minimum atomic E-state index is -0.263. The van der Waals surface area contributed by atoms with Gasteiger partial charge in [0, 0.05) is 0 Å². The van der Waals surface area contributed by atoms with Gasteiger partial charge in [0.05, 0.1) is 6.10 Å². The second-order valence-corrected chi connectivity index (χ2v) is 3.17. The van der Waals surface area contributed by atoms with Gasteiger partial charge in [0.25, 0.3) is 0 Å². The predicted octanol–water partition coefficient (Wildman–Crippen LogP) is 2.11. The molecule has 0 amide bonds. The Kier molecular flexibility index (Phi) is 2.94. The van der Waals surface area contributed by atoms with E-state index in [1.807, 2.05) is 6.08 Å². The second-order valence-electron chi connectivity index (χ2n) is 3.17. The van der Waals surface area contributed by atoms with Crippen molar-refractivity contribution in [2.24, 2.45) is 5.92 Å². The zero-order chi connectivity index (χ0) is 7.40. The minimum Gasteiger partial charge on any atom is -0.389 e. The van der Waals surface area contributed by atoms with Crippen LogP contribution in [0.15, 0.2) is 12.2 Å². The lowest BCUT2D eigenvalue weighted by molar-refractivity contribution is 0.243. The zero-order valence-corrected chi connectivity index (χ0v) is 6.59. The number of hydrogen-bond donors (Lipinski definition) is 1. The van der Waals surface area contributed by atoms with Crippen LogP contribution in [0.4, 0.5) is 0 Å². The van der Waals surface area contributed by atoms with Crippen molar-refractivity contribution in [2.45, 2.75) is 38.7 Å². The first kappa shape index (κ1) is 7.80. The highest BCUT2D eigenvalue weighted by atomic mass is 16.3. The lowest BCUT2D eigenvalue weighted by Crippen LogP contribution is -1.94. The van der Waals surface area contributed by atoms with Crippen LogP contribution in [0.25, 0.3) is 0 Å². The van der Waals surface area contributed by atoms with Crippen LogP contribution < -0.4 is 0 Å². The van der Waals surface area contributed by atoms with E-state index in [4.69, 9.17) is 5.11 Å². The number of rotatable bonds is 2. The van der Waals surface area contributed by atoms with Gasteiger partial charge in [-0.25, -0.2) is 0 Å². The number of aliphatic hydroxyl groups excluding tert-OH is 1. The summed E-state index contributed by atoms with van der Waals surface area (Å²) in [5.41, 5.74) is 0. The standard InChI is InChI=1S/C9H16O/c1-8(10)6-7-9-4-2-3-5-9/h6-10H,2-5H2,1H3/b7-6+. The van der Waals surface area contributed by atoms with E-state index in [2.05, 4.69) is 6.08 Å². The average molecular weight is 140 g/mol. The van der Waals surface area contributed by atoms with Crippen molar-refractivity contribution in [1.29, 1.82) is 0 Å². The SMILES string of the molecule is CC(O)/C=C/C1CCCC1. The van der Waals surface area contributed by atoms with E-state index in [1.165, 1.54) is 25.7 Å². The van der Waals surface area contributed by atoms with Crippen LogP contribution in [0.3, 0.4) is 0 Å². The third-order valence-corrected chi connectivity index (χ3v) is 2.06. The minimum absolute atomic E-state index is 0.263. The summed E-state index contributed by atoms with van der Waals surface area (Å²) >= 11 is 0. The van der Waals surface area contributed by atoms with Gasteiger partial charge in [0.2, 0.25) is 0 Å². The van der Waals surface area contributed by atoms with Crippen molar-refractivity contribution in [2.75, 3.05) is 0 Å². The van der Waals surface area contributed by atoms with Crippen LogP contribution in [-0.4, -0.2) is 11.2 Å². The Labute approximate surface area is 62.8 Å². The number of aliphatic hydroxyl groups is 1. The molecular formula is C9H16O. The first-order chi connectivity index (χ1) is 4.79. The van der Waals surface area contributed by atoms with Gasteiger partial charge in [-0.15, -0.1) is 0 Å². The molecule has 10 heavy (non-hydrogen) atoms. The maximum absolute atomic E-state index is 8.93. The topological polar surface area (TPSA) is 20.2 Å². The molecule has 0 saturated heterocycles. The molecule has 1 aliphatic carbocycles. The highest BCUT2D eigenvalue weighted by Crippen LogP contribution is 2.25. The van der Waals surface area contributed by atoms with Crippen molar-refractivity contribution in [3.63, 3.8) is 0 Å². The molecule has 1 rings (SSSR count). The molecule has 1 nitrogen and oxygen atoms in total. The molecule has 0 aromatic heterocycles. The van der Waals surface area contributed by atoms with Gasteiger partial charge >= 0.3 is 0 Å². The summed E-state index contributed by atoms with van der Waals surface area (Å²) in [5.74, 6) is 0.759. The Hall–Kier alpha value is -0.300. The van der Waals surface area contributed by atoms with Gasteiger partial charge < -0.3 is 5.11 Å². The smallest absolute Gasteiger partial charge is 0.0692 e. The third kappa shape index (κ3) is 2.53. The monoisotopic (exact) mass is 140 g/mol. The summed E-state index contributed by atoms with van der Waals surface area (Å²) in [6.07, 6.45) is 9.18. The third-order valence-electron chi connectivity index (χ3n) is 2.06. The van der Waals surface area contributed by atoms with Crippen molar-refractivity contribution >= 4 is 0 Å². The molecule has 0 aliphatic heterocycles. The predicted molar refractivity (Wildman–Crippen MR) is 42.8 cm³/mol. The van der Waals surface area contributed by atoms with Gasteiger partial charge in [-0.05, 0) is 25.7 Å². The van der Waals surface area contributed by atoms with E-state index in [-0.39, 0.29) is 6.10 Å². The Morgan fingerprint density at radius 3 is 2.50 bits per heavy atom. The Balaban J connectivity index is 2.23. The molecule has 1 saturated carbocycles. The average Bonchev–Trinajstić information content (AvgIpc) is 2.34. The first-order valence-electron chi connectivity index (χ1n) is 4.15. The molecule has 1 aliphatic rings. The lowest BCUT2D eigenvalue weighted by Gasteiger charge is -2.00. The molecule has 0 heterocycles. The quantitative estimate of drug-likeness (QED) is 0.582. The molecule has 0 radical (unpaired) electrons. The normalized spacial score (nSPS) is 24.2. The number of hydrogen-bond acceptors (Lipinski definition) is 1. The van der Waals surface area contributed by atoms with Gasteiger partial charge in [-0.1, -0.05) is 25.0 Å². The number of allylic oxidation sites excluding steroid dienone is 1. The van der Waals surface area contributed by atoms with Crippen molar-refractivity contribution in [3.05, 3.63) is 12.2 Å². The Morgan fingerprint density at radius 2 is 2.00 bits per heavy atom. The summed E-state index contributed by atoms with van der Waals surface area (Å²) in [7, 11) is 0. The molecule has 0 spiro atoms. The van der Waals surface area contributed by atoms with E-state index in [0.717, 1.165) is 5.92 Å². The van der Waals surface area contributed by atoms with E-state index < -0.39 is 0 Å². The molecule has 1 heteroatoms. The van der Waals surface area contributed by atoms with Gasteiger partial charge in [0.15, 0.2) is 0 Å². The zero-order valence-electron chi connectivity index (χ0n) is 6.59. The fraction of sp³-hybridized carbons (Fsp3) is 0.778. The molecule has 1 fully saturated rings. The fourth-order valence-corrected chi connectivity index (χ4v) is 1.47. The molecule has 0 aromatic carbocycles. The van der Waals surface area contributed by atoms with Gasteiger partial charge in [-0.2, -0.15) is 0 Å². The summed E-state index contributed by atoms with van der Waals surface area (Å²) in [4.78, 5) is 0. The van der Waals surface area contributed by atoms with E-state index in [9.17, 15) is 0 Å². The summed E-state index contributed by atoms with van der Waals surface area (Å²) < 4.78 is 0. The van der Waals surface area contributed by atoms with E-state index >= 15 is 0 Å². The van der Waals surface area contributed by atoms with Crippen LogP contribution in [0, 0.1) is 5.92 Å². The molecular weight excluding hydrogens is 124 g/mol. The Morgan fingerprint density at radius 1 is 1.40 bits per heavy atom. The molecule has 0 aromatic rings. The summed E-state index contributed by atoms with van der Waals surface area (Å²) in [6.45, 7) is 1.80. The molecule has 1 atom stereocenters. The summed E-state index contributed by atoms with van der Waals surface area (Å²) in [5, 5.41) is 8.93. The van der Waals surface area contributed by atoms with Crippen LogP contribution in [0.1, 0.15) is 32.6 Å². The second kappa shape index (κ2) is 3.77. The molecule has 58 valence electrons. The molecule has 1 unspecified atom stereocenters. The van der Waals surface area contributed by atoms with Crippen LogP contribution in [0.2, 0.25) is 0 Å². The largest absolute Gasteiger partial charge is 0.389 e.